The van der Waals surface area contributed by atoms with Crippen molar-refractivity contribution in [1.29, 1.82) is 0 Å². The zero-order chi connectivity index (χ0) is 28.1. The first-order valence-electron chi connectivity index (χ1n) is 12.5. The Hall–Kier alpha value is -4.73. The highest BCUT2D eigenvalue weighted by molar-refractivity contribution is 6.29. The second-order valence-corrected chi connectivity index (χ2v) is 9.97. The van der Waals surface area contributed by atoms with E-state index >= 15 is 0 Å². The van der Waals surface area contributed by atoms with Gasteiger partial charge >= 0.3 is 0 Å². The minimum absolute atomic E-state index is 0.0255. The number of hydrogen-bond donors (Lipinski definition) is 6. The molecule has 3 aliphatic rings. The molecular weight excluding hydrogens is 540 g/mol. The van der Waals surface area contributed by atoms with Gasteiger partial charge in [-0.1, -0.05) is 52.4 Å². The van der Waals surface area contributed by atoms with E-state index in [-0.39, 0.29) is 22.4 Å². The van der Waals surface area contributed by atoms with Crippen LogP contribution in [0.5, 0.6) is 0 Å². The van der Waals surface area contributed by atoms with Crippen LogP contribution in [-0.4, -0.2) is 69.6 Å². The van der Waals surface area contributed by atoms with Crippen LogP contribution in [0.15, 0.2) is 79.5 Å². The molecule has 16 nitrogen and oxygen atoms in total. The second kappa shape index (κ2) is 11.6. The number of aliphatic imine (C=N–C) groups is 1. The van der Waals surface area contributed by atoms with Gasteiger partial charge in [0.2, 0.25) is 0 Å². The fourth-order valence-electron chi connectivity index (χ4n) is 4.84. The van der Waals surface area contributed by atoms with Gasteiger partial charge < -0.3 is 37.1 Å². The number of benzene rings is 1. The quantitative estimate of drug-likeness (QED) is 0.119. The van der Waals surface area contributed by atoms with E-state index in [0.29, 0.717) is 50.7 Å². The number of amides is 2. The first-order chi connectivity index (χ1) is 19.4. The molecule has 17 heteroatoms. The number of nitrogens with two attached hydrogens (primary N) is 2. The van der Waals surface area contributed by atoms with Crippen LogP contribution in [0.1, 0.15) is 28.9 Å². The van der Waals surface area contributed by atoms with Crippen LogP contribution in [0.2, 0.25) is 0 Å². The third kappa shape index (κ3) is 5.80. The molecule has 2 atom stereocenters. The van der Waals surface area contributed by atoms with E-state index < -0.39 is 18.1 Å². The van der Waals surface area contributed by atoms with Crippen molar-refractivity contribution < 1.29 is 9.59 Å². The van der Waals surface area contributed by atoms with Crippen molar-refractivity contribution in [3.63, 3.8) is 0 Å². The van der Waals surface area contributed by atoms with E-state index in [4.69, 9.17) is 23.3 Å². The standard InChI is InChI=1S/C23H29ClN14O2/c24-17-19(34-36-26)30-18(33-35-25)16(29-17)20(39)31-22-27-12-23(32-22)6-8-38(9-7-23)21(40)15-11-37(13-28-15)10-14-4-2-1-3-5-14/h1-5,11,13,16,18,29-30H,6-10,12H2,(H2,25,33)(H2,26,34)(H2,27,31,32,39). The van der Waals surface area contributed by atoms with Crippen molar-refractivity contribution in [2.75, 3.05) is 19.6 Å². The lowest BCUT2D eigenvalue weighted by molar-refractivity contribution is -0.122. The molecule has 40 heavy (non-hydrogen) atoms. The Labute approximate surface area is 234 Å². The van der Waals surface area contributed by atoms with Gasteiger partial charge in [0, 0.05) is 25.8 Å². The summed E-state index contributed by atoms with van der Waals surface area (Å²) in [5.41, 5.74) is 1.18. The minimum atomic E-state index is -0.973. The minimum Gasteiger partial charge on any atom is -0.358 e. The molecular formula is C23H29ClN14O2. The SMILES string of the molecule is NN=NC1=C(Cl)NC(C(=O)NC2=NCC3(CCN(C(=O)c4cn(Cc5ccccc5)cn4)CC3)N2)C(N=NN)N1. The lowest BCUT2D eigenvalue weighted by atomic mass is 9.88. The fourth-order valence-corrected chi connectivity index (χ4v) is 5.05. The summed E-state index contributed by atoms with van der Waals surface area (Å²) in [5, 5.41) is 25.6. The normalized spacial score (nSPS) is 22.2. The van der Waals surface area contributed by atoms with Crippen molar-refractivity contribution in [3.05, 3.63) is 65.1 Å². The number of carbonyl (C=O) groups is 2. The van der Waals surface area contributed by atoms with Gasteiger partial charge in [0.05, 0.1) is 18.4 Å². The highest BCUT2D eigenvalue weighted by Crippen LogP contribution is 2.26. The molecule has 2 amide bonds. The molecule has 1 fully saturated rings. The lowest BCUT2D eigenvalue weighted by Gasteiger charge is -2.39. The number of guanidine groups is 1. The summed E-state index contributed by atoms with van der Waals surface area (Å²) >= 11 is 6.15. The number of nitrogens with zero attached hydrogens (tertiary/aromatic N) is 8. The number of imidazole rings is 1. The zero-order valence-corrected chi connectivity index (χ0v) is 22.1. The molecule has 1 saturated heterocycles. The molecule has 1 aromatic carbocycles. The predicted molar refractivity (Wildman–Crippen MR) is 144 cm³/mol. The van der Waals surface area contributed by atoms with Gasteiger partial charge in [-0.05, 0) is 18.4 Å². The molecule has 210 valence electrons. The maximum Gasteiger partial charge on any atom is 0.274 e. The number of nitrogens with one attached hydrogen (secondary N) is 4. The molecule has 0 saturated carbocycles. The average molecular weight is 569 g/mol. The highest BCUT2D eigenvalue weighted by Gasteiger charge is 2.42. The fraction of sp³-hybridized carbons (Fsp3) is 0.391. The maximum absolute atomic E-state index is 13.1. The van der Waals surface area contributed by atoms with Crippen molar-refractivity contribution in [2.45, 2.75) is 37.1 Å². The summed E-state index contributed by atoms with van der Waals surface area (Å²) in [6.07, 6.45) is 3.84. The van der Waals surface area contributed by atoms with Crippen LogP contribution in [0, 0.1) is 0 Å². The molecule has 2 unspecified atom stereocenters. The zero-order valence-electron chi connectivity index (χ0n) is 21.4. The summed E-state index contributed by atoms with van der Waals surface area (Å²) in [6, 6.07) is 9.02. The molecule has 0 radical (unpaired) electrons. The van der Waals surface area contributed by atoms with Gasteiger partial charge in [0.1, 0.15) is 16.9 Å². The molecule has 1 aromatic heterocycles. The average Bonchev–Trinajstić information content (AvgIpc) is 3.58. The number of hydrogen-bond acceptors (Lipinski definition) is 11. The van der Waals surface area contributed by atoms with Crippen LogP contribution in [0.25, 0.3) is 0 Å². The van der Waals surface area contributed by atoms with Crippen molar-refractivity contribution >= 4 is 29.4 Å². The number of aromatic nitrogens is 2. The topological polar surface area (TPSA) is 217 Å². The summed E-state index contributed by atoms with van der Waals surface area (Å²) in [4.78, 5) is 36.7. The molecule has 3 aliphatic heterocycles. The Kier molecular flexibility index (Phi) is 7.77. The van der Waals surface area contributed by atoms with Crippen LogP contribution < -0.4 is 33.0 Å². The van der Waals surface area contributed by atoms with Gasteiger partial charge in [-0.15, -0.1) is 10.2 Å². The Balaban J connectivity index is 1.14. The molecule has 1 spiro atoms. The van der Waals surface area contributed by atoms with Crippen molar-refractivity contribution in [2.24, 2.45) is 37.4 Å². The Bertz CT molecular complexity index is 1360. The first kappa shape index (κ1) is 26.9. The summed E-state index contributed by atoms with van der Waals surface area (Å²) in [5.74, 6) is 10.1. The molecule has 4 heterocycles. The molecule has 0 aliphatic carbocycles. The predicted octanol–water partition coefficient (Wildman–Crippen LogP) is -0.114. The molecule has 0 bridgehead atoms. The summed E-state index contributed by atoms with van der Waals surface area (Å²) in [6.45, 7) is 2.16. The van der Waals surface area contributed by atoms with Gasteiger partial charge in [-0.2, -0.15) is 0 Å². The summed E-state index contributed by atoms with van der Waals surface area (Å²) < 4.78 is 1.90. The van der Waals surface area contributed by atoms with Crippen LogP contribution in [0.4, 0.5) is 0 Å². The van der Waals surface area contributed by atoms with E-state index in [2.05, 4.69) is 51.9 Å². The van der Waals surface area contributed by atoms with Gasteiger partial charge in [-0.3, -0.25) is 19.9 Å². The molecule has 8 N–H and O–H groups in total. The van der Waals surface area contributed by atoms with E-state index in [1.165, 1.54) is 0 Å². The van der Waals surface area contributed by atoms with Crippen LogP contribution in [-0.2, 0) is 11.3 Å². The lowest BCUT2D eigenvalue weighted by Crippen LogP contribution is -2.61. The number of likely N-dealkylation sites (tertiary alicyclic amines) is 1. The number of halogens is 1. The van der Waals surface area contributed by atoms with E-state index in [0.717, 1.165) is 5.56 Å². The Morgan fingerprint density at radius 3 is 2.65 bits per heavy atom. The molecule has 5 rings (SSSR count). The monoisotopic (exact) mass is 568 g/mol. The van der Waals surface area contributed by atoms with Gasteiger partial charge in [0.15, 0.2) is 17.9 Å². The second-order valence-electron chi connectivity index (χ2n) is 9.59. The van der Waals surface area contributed by atoms with E-state index in [9.17, 15) is 9.59 Å². The number of rotatable bonds is 6. The smallest absolute Gasteiger partial charge is 0.274 e. The van der Waals surface area contributed by atoms with Crippen molar-refractivity contribution in [1.82, 2.24) is 35.7 Å². The van der Waals surface area contributed by atoms with E-state index in [1.807, 2.05) is 34.9 Å². The first-order valence-corrected chi connectivity index (χ1v) is 12.9. The largest absolute Gasteiger partial charge is 0.358 e. The summed E-state index contributed by atoms with van der Waals surface area (Å²) in [7, 11) is 0. The number of piperidine rings is 1. The van der Waals surface area contributed by atoms with Gasteiger partial charge in [0.25, 0.3) is 11.8 Å². The van der Waals surface area contributed by atoms with Crippen LogP contribution in [0.3, 0.4) is 0 Å². The van der Waals surface area contributed by atoms with Crippen LogP contribution >= 0.6 is 11.6 Å². The van der Waals surface area contributed by atoms with Gasteiger partial charge in [-0.25, -0.2) is 4.98 Å². The Morgan fingerprint density at radius 2 is 1.93 bits per heavy atom. The van der Waals surface area contributed by atoms with E-state index in [1.54, 1.807) is 17.4 Å². The Morgan fingerprint density at radius 1 is 1.15 bits per heavy atom. The van der Waals surface area contributed by atoms with Crippen molar-refractivity contribution in [3.8, 4) is 0 Å². The third-order valence-electron chi connectivity index (χ3n) is 6.95. The highest BCUT2D eigenvalue weighted by atomic mass is 35.5. The number of carbonyl (C=O) groups excluding carboxylic acids is 2. The molecule has 2 aromatic rings. The maximum atomic E-state index is 13.1. The third-order valence-corrected chi connectivity index (χ3v) is 7.24.